The van der Waals surface area contributed by atoms with E-state index in [1.165, 1.54) is 263 Å². The Morgan fingerprint density at radius 1 is 0.400 bits per heavy atom. The molecule has 0 bridgehead atoms. The third-order valence-electron chi connectivity index (χ3n) is 14.7. The summed E-state index contributed by atoms with van der Waals surface area (Å²) in [6.45, 7) is 4.91. The fraction of sp³-hybridized carbons (Fsp3) is 0.906. The summed E-state index contributed by atoms with van der Waals surface area (Å²) < 4.78 is 5.47. The topological polar surface area (TPSA) is 95.9 Å². The van der Waals surface area contributed by atoms with E-state index in [1.54, 1.807) is 0 Å². The largest absolute Gasteiger partial charge is 0.466 e. The van der Waals surface area contributed by atoms with Crippen LogP contribution in [0.25, 0.3) is 0 Å². The first-order valence-corrected chi connectivity index (χ1v) is 31.6. The summed E-state index contributed by atoms with van der Waals surface area (Å²) in [6, 6.07) is -0.542. The molecule has 0 spiro atoms. The maximum atomic E-state index is 12.5. The predicted octanol–water partition coefficient (Wildman–Crippen LogP) is 19.8. The molecule has 2 unspecified atom stereocenters. The average Bonchev–Trinajstić information content (AvgIpc) is 3.36. The van der Waals surface area contributed by atoms with E-state index in [1.807, 2.05) is 0 Å². The third kappa shape index (κ3) is 55.7. The van der Waals surface area contributed by atoms with Crippen molar-refractivity contribution in [2.45, 2.75) is 360 Å². The standard InChI is InChI=1S/C64H123NO5/c1-3-5-7-9-11-13-15-17-18-19-26-29-33-36-40-44-48-52-56-62(67)61(60-66)65-63(68)57-53-49-45-41-37-34-30-27-24-22-20-21-23-25-28-31-35-39-43-47-51-55-59-70-64(69)58-54-50-46-42-38-32-16-14-12-10-8-6-4-2/h8,10,14,16,61-62,66-67H,3-7,9,11-13,15,17-60H2,1-2H3,(H,65,68)/b10-8-,16-14-. The van der Waals surface area contributed by atoms with E-state index in [-0.39, 0.29) is 18.5 Å². The molecule has 1 amide bonds. The number of unbranched alkanes of at least 4 members (excludes halogenated alkanes) is 44. The van der Waals surface area contributed by atoms with Crippen LogP contribution >= 0.6 is 0 Å². The molecule has 0 aliphatic rings. The normalized spacial score (nSPS) is 12.7. The van der Waals surface area contributed by atoms with Crippen LogP contribution in [0, 0.1) is 0 Å². The fourth-order valence-electron chi connectivity index (χ4n) is 9.92. The first-order chi connectivity index (χ1) is 34.5. The zero-order valence-electron chi connectivity index (χ0n) is 47.3. The molecule has 0 aliphatic heterocycles. The van der Waals surface area contributed by atoms with Gasteiger partial charge in [-0.3, -0.25) is 9.59 Å². The first kappa shape index (κ1) is 68.3. The van der Waals surface area contributed by atoms with Gasteiger partial charge in [-0.1, -0.05) is 308 Å². The minimum Gasteiger partial charge on any atom is -0.466 e. The van der Waals surface area contributed by atoms with E-state index in [0.29, 0.717) is 25.9 Å². The number of carbonyl (C=O) groups is 2. The van der Waals surface area contributed by atoms with Crippen LogP contribution in [-0.2, 0) is 14.3 Å². The first-order valence-electron chi connectivity index (χ1n) is 31.6. The highest BCUT2D eigenvalue weighted by atomic mass is 16.5. The number of allylic oxidation sites excluding steroid dienone is 4. The van der Waals surface area contributed by atoms with Crippen molar-refractivity contribution < 1.29 is 24.5 Å². The van der Waals surface area contributed by atoms with Gasteiger partial charge in [0, 0.05) is 12.8 Å². The van der Waals surface area contributed by atoms with E-state index in [4.69, 9.17) is 4.74 Å². The Hall–Kier alpha value is -1.66. The van der Waals surface area contributed by atoms with Crippen LogP contribution in [-0.4, -0.2) is 47.4 Å². The lowest BCUT2D eigenvalue weighted by molar-refractivity contribution is -0.143. The Kier molecular flexibility index (Phi) is 58.5. The molecule has 0 aromatic heterocycles. The number of hydrogen-bond donors (Lipinski definition) is 3. The van der Waals surface area contributed by atoms with Gasteiger partial charge in [0.1, 0.15) is 0 Å². The monoisotopic (exact) mass is 986 g/mol. The second-order valence-electron chi connectivity index (χ2n) is 21.7. The SMILES string of the molecule is CCC/C=C\C/C=C\CCCCCCCC(=O)OCCCCCCCCCCCCCCCCCCCCCCCCC(=O)NC(CO)C(O)CCCCCCCCCCCCCCCCCCCC. The zero-order valence-corrected chi connectivity index (χ0v) is 47.3. The van der Waals surface area contributed by atoms with E-state index < -0.39 is 12.1 Å². The Labute approximate surface area is 437 Å². The van der Waals surface area contributed by atoms with Crippen LogP contribution in [0.3, 0.4) is 0 Å². The van der Waals surface area contributed by atoms with Gasteiger partial charge in [-0.05, 0) is 51.4 Å². The summed E-state index contributed by atoms with van der Waals surface area (Å²) in [4.78, 5) is 24.5. The Balaban J connectivity index is 3.38. The van der Waals surface area contributed by atoms with Crippen LogP contribution in [0.15, 0.2) is 24.3 Å². The van der Waals surface area contributed by atoms with Crippen molar-refractivity contribution in [2.75, 3.05) is 13.2 Å². The number of carbonyl (C=O) groups excluding carboxylic acids is 2. The smallest absolute Gasteiger partial charge is 0.305 e. The third-order valence-corrected chi connectivity index (χ3v) is 14.7. The molecule has 0 fully saturated rings. The summed E-state index contributed by atoms with van der Waals surface area (Å²) in [5.41, 5.74) is 0. The number of esters is 1. The number of ether oxygens (including phenoxy) is 1. The molecule has 0 aromatic carbocycles. The summed E-state index contributed by atoms with van der Waals surface area (Å²) in [7, 11) is 0. The summed E-state index contributed by atoms with van der Waals surface area (Å²) in [6.07, 6.45) is 73.3. The number of aliphatic hydroxyl groups excluding tert-OH is 2. The molecule has 0 radical (unpaired) electrons. The highest BCUT2D eigenvalue weighted by Gasteiger charge is 2.20. The van der Waals surface area contributed by atoms with Gasteiger partial charge in [0.25, 0.3) is 0 Å². The predicted molar refractivity (Wildman–Crippen MR) is 306 cm³/mol. The highest BCUT2D eigenvalue weighted by molar-refractivity contribution is 5.76. The van der Waals surface area contributed by atoms with Crippen molar-refractivity contribution in [3.05, 3.63) is 24.3 Å². The molecule has 0 saturated heterocycles. The van der Waals surface area contributed by atoms with Crippen molar-refractivity contribution >= 4 is 11.9 Å². The van der Waals surface area contributed by atoms with Crippen LogP contribution in [0.1, 0.15) is 348 Å². The molecule has 0 aliphatic carbocycles. The molecule has 414 valence electrons. The Morgan fingerprint density at radius 2 is 0.743 bits per heavy atom. The molecule has 6 nitrogen and oxygen atoms in total. The number of hydrogen-bond acceptors (Lipinski definition) is 5. The lowest BCUT2D eigenvalue weighted by Crippen LogP contribution is -2.45. The molecule has 0 heterocycles. The lowest BCUT2D eigenvalue weighted by atomic mass is 10.0. The number of aliphatic hydroxyl groups is 2. The molecule has 70 heavy (non-hydrogen) atoms. The number of amides is 1. The van der Waals surface area contributed by atoms with Crippen LogP contribution in [0.2, 0.25) is 0 Å². The van der Waals surface area contributed by atoms with E-state index in [2.05, 4.69) is 43.5 Å². The molecular weight excluding hydrogens is 863 g/mol. The van der Waals surface area contributed by atoms with Crippen molar-refractivity contribution in [3.63, 3.8) is 0 Å². The minimum atomic E-state index is -0.665. The van der Waals surface area contributed by atoms with Crippen LogP contribution < -0.4 is 5.32 Å². The summed E-state index contributed by atoms with van der Waals surface area (Å²) in [5, 5.41) is 23.4. The van der Waals surface area contributed by atoms with Gasteiger partial charge in [0.2, 0.25) is 5.91 Å². The van der Waals surface area contributed by atoms with Gasteiger partial charge in [-0.25, -0.2) is 0 Å². The molecule has 6 heteroatoms. The van der Waals surface area contributed by atoms with Gasteiger partial charge in [0.05, 0.1) is 25.4 Å². The number of rotatable bonds is 59. The quantitative estimate of drug-likeness (QED) is 0.0321. The van der Waals surface area contributed by atoms with Gasteiger partial charge >= 0.3 is 5.97 Å². The molecular formula is C64H123NO5. The maximum Gasteiger partial charge on any atom is 0.305 e. The van der Waals surface area contributed by atoms with Crippen LogP contribution in [0.5, 0.6) is 0 Å². The lowest BCUT2D eigenvalue weighted by Gasteiger charge is -2.22. The molecule has 3 N–H and O–H groups in total. The van der Waals surface area contributed by atoms with E-state index >= 15 is 0 Å². The van der Waals surface area contributed by atoms with Crippen LogP contribution in [0.4, 0.5) is 0 Å². The fourth-order valence-corrected chi connectivity index (χ4v) is 9.92. The van der Waals surface area contributed by atoms with Gasteiger partial charge < -0.3 is 20.3 Å². The van der Waals surface area contributed by atoms with Crippen molar-refractivity contribution in [3.8, 4) is 0 Å². The molecule has 0 rings (SSSR count). The Morgan fingerprint density at radius 3 is 1.14 bits per heavy atom. The van der Waals surface area contributed by atoms with Gasteiger partial charge in [-0.15, -0.1) is 0 Å². The Bertz CT molecular complexity index is 1090. The summed E-state index contributed by atoms with van der Waals surface area (Å²) in [5.74, 6) is -0.0339. The minimum absolute atomic E-state index is 0.00160. The highest BCUT2D eigenvalue weighted by Crippen LogP contribution is 2.18. The van der Waals surface area contributed by atoms with Gasteiger partial charge in [0.15, 0.2) is 0 Å². The maximum absolute atomic E-state index is 12.5. The van der Waals surface area contributed by atoms with E-state index in [9.17, 15) is 19.8 Å². The van der Waals surface area contributed by atoms with Gasteiger partial charge in [-0.2, -0.15) is 0 Å². The van der Waals surface area contributed by atoms with Crippen molar-refractivity contribution in [1.82, 2.24) is 5.32 Å². The van der Waals surface area contributed by atoms with Crippen molar-refractivity contribution in [2.24, 2.45) is 0 Å². The van der Waals surface area contributed by atoms with E-state index in [0.717, 1.165) is 51.4 Å². The zero-order chi connectivity index (χ0) is 50.7. The second-order valence-corrected chi connectivity index (χ2v) is 21.7. The average molecular weight is 987 g/mol. The number of nitrogens with one attached hydrogen (secondary N) is 1. The second kappa shape index (κ2) is 59.9. The molecule has 2 atom stereocenters. The molecule has 0 aromatic rings. The summed E-state index contributed by atoms with van der Waals surface area (Å²) >= 11 is 0. The van der Waals surface area contributed by atoms with Crippen molar-refractivity contribution in [1.29, 1.82) is 0 Å². The molecule has 0 saturated carbocycles.